The molecule has 8 nitrogen and oxygen atoms in total. The zero-order valence-corrected chi connectivity index (χ0v) is 17.4. The zero-order valence-electron chi connectivity index (χ0n) is 16.6. The lowest BCUT2D eigenvalue weighted by molar-refractivity contribution is -0.140. The number of halogens is 1. The summed E-state index contributed by atoms with van der Waals surface area (Å²) in [5, 5.41) is 11.4. The Kier molecular flexibility index (Phi) is 5.48. The van der Waals surface area contributed by atoms with E-state index < -0.39 is 23.5 Å². The molecule has 0 bridgehead atoms. The Bertz CT molecular complexity index is 1150. The number of aliphatic hydroxyl groups excluding tert-OH is 1. The molecule has 1 aliphatic rings. The minimum absolute atomic E-state index is 0.0141. The van der Waals surface area contributed by atoms with Crippen molar-refractivity contribution in [2.75, 3.05) is 14.2 Å². The molecule has 31 heavy (non-hydrogen) atoms. The molecule has 0 aliphatic carbocycles. The van der Waals surface area contributed by atoms with Gasteiger partial charge < -0.3 is 28.3 Å². The molecule has 9 heteroatoms. The minimum Gasteiger partial charge on any atom is -0.507 e. The number of ketones is 1. The summed E-state index contributed by atoms with van der Waals surface area (Å²) in [4.78, 5) is 27.1. The predicted octanol–water partition coefficient (Wildman–Crippen LogP) is 4.17. The summed E-state index contributed by atoms with van der Waals surface area (Å²) < 4.78 is 21.4. The van der Waals surface area contributed by atoms with E-state index in [9.17, 15) is 14.7 Å². The van der Waals surface area contributed by atoms with Crippen molar-refractivity contribution >= 4 is 29.1 Å². The number of carbonyl (C=O) groups excluding carboxylic acids is 2. The number of carbonyl (C=O) groups is 2. The zero-order chi connectivity index (χ0) is 22.1. The Balaban J connectivity index is 1.89. The highest BCUT2D eigenvalue weighted by Crippen LogP contribution is 2.43. The molecule has 1 fully saturated rings. The van der Waals surface area contributed by atoms with Gasteiger partial charge in [0.05, 0.1) is 49.4 Å². The number of nitrogens with zero attached hydrogens (tertiary/aromatic N) is 1. The maximum absolute atomic E-state index is 13.0. The fourth-order valence-electron chi connectivity index (χ4n) is 3.55. The van der Waals surface area contributed by atoms with Gasteiger partial charge in [-0.2, -0.15) is 0 Å². The summed E-state index contributed by atoms with van der Waals surface area (Å²) in [5.41, 5.74) is -0.00751. The van der Waals surface area contributed by atoms with E-state index >= 15 is 0 Å². The van der Waals surface area contributed by atoms with Crippen LogP contribution in [0.1, 0.15) is 23.1 Å². The van der Waals surface area contributed by atoms with Gasteiger partial charge in [0.2, 0.25) is 0 Å². The van der Waals surface area contributed by atoms with Crippen molar-refractivity contribution in [2.45, 2.75) is 12.6 Å². The van der Waals surface area contributed by atoms with Crippen molar-refractivity contribution in [3.8, 4) is 11.5 Å². The monoisotopic (exact) mass is 443 g/mol. The summed E-state index contributed by atoms with van der Waals surface area (Å²) in [6, 6.07) is 8.55. The molecule has 3 aromatic rings. The number of methoxy groups -OCH3 is 2. The molecule has 0 saturated carbocycles. The average molecular weight is 444 g/mol. The molecule has 1 unspecified atom stereocenters. The third-order valence-electron chi connectivity index (χ3n) is 4.99. The first-order chi connectivity index (χ1) is 15.0. The van der Waals surface area contributed by atoms with E-state index in [2.05, 4.69) is 0 Å². The third kappa shape index (κ3) is 3.55. The fraction of sp³-hybridized carbons (Fsp3) is 0.182. The van der Waals surface area contributed by atoms with Gasteiger partial charge in [0.15, 0.2) is 0 Å². The average Bonchev–Trinajstić information content (AvgIpc) is 3.52. The minimum atomic E-state index is -0.967. The summed E-state index contributed by atoms with van der Waals surface area (Å²) in [6.45, 7) is 0.0141. The van der Waals surface area contributed by atoms with Crippen LogP contribution in [0.5, 0.6) is 11.5 Å². The van der Waals surface area contributed by atoms with Crippen molar-refractivity contribution in [3.05, 3.63) is 76.6 Å². The van der Waals surface area contributed by atoms with Gasteiger partial charge in [-0.25, -0.2) is 0 Å². The second kappa shape index (κ2) is 8.23. The van der Waals surface area contributed by atoms with E-state index in [1.54, 1.807) is 24.3 Å². The van der Waals surface area contributed by atoms with E-state index in [4.69, 9.17) is 29.9 Å². The second-order valence-corrected chi connectivity index (χ2v) is 7.12. The van der Waals surface area contributed by atoms with Crippen LogP contribution in [-0.4, -0.2) is 35.9 Å². The van der Waals surface area contributed by atoms with Crippen molar-refractivity contribution in [2.24, 2.45) is 0 Å². The van der Waals surface area contributed by atoms with E-state index in [-0.39, 0.29) is 28.5 Å². The van der Waals surface area contributed by atoms with Gasteiger partial charge in [-0.1, -0.05) is 11.6 Å². The first-order valence-corrected chi connectivity index (χ1v) is 9.60. The maximum Gasteiger partial charge on any atom is 0.296 e. The molecular formula is C22H18ClNO7. The van der Waals surface area contributed by atoms with Crippen LogP contribution in [-0.2, 0) is 16.1 Å². The molecule has 1 aliphatic heterocycles. The molecule has 0 radical (unpaired) electrons. The van der Waals surface area contributed by atoms with E-state index in [0.29, 0.717) is 17.3 Å². The Morgan fingerprint density at radius 1 is 1.10 bits per heavy atom. The Morgan fingerprint density at radius 3 is 2.42 bits per heavy atom. The number of ether oxygens (including phenoxy) is 2. The Hall–Kier alpha value is -3.65. The lowest BCUT2D eigenvalue weighted by Crippen LogP contribution is -2.28. The first kappa shape index (κ1) is 20.6. The van der Waals surface area contributed by atoms with Crippen LogP contribution >= 0.6 is 11.6 Å². The number of hydrogen-bond acceptors (Lipinski definition) is 7. The number of furan rings is 2. The first-order valence-electron chi connectivity index (χ1n) is 9.22. The van der Waals surface area contributed by atoms with Gasteiger partial charge in [0, 0.05) is 6.07 Å². The van der Waals surface area contributed by atoms with Crippen LogP contribution in [0.2, 0.25) is 5.02 Å². The number of hydrogen-bond donors (Lipinski definition) is 1. The highest BCUT2D eigenvalue weighted by molar-refractivity contribution is 6.46. The third-order valence-corrected chi connectivity index (χ3v) is 5.28. The van der Waals surface area contributed by atoms with Crippen LogP contribution in [0, 0.1) is 0 Å². The number of rotatable bonds is 6. The molecule has 1 amide bonds. The van der Waals surface area contributed by atoms with Crippen molar-refractivity contribution < 1.29 is 33.0 Å². The summed E-state index contributed by atoms with van der Waals surface area (Å²) in [7, 11) is 2.84. The van der Waals surface area contributed by atoms with Crippen LogP contribution in [0.25, 0.3) is 5.76 Å². The molecule has 3 heterocycles. The largest absolute Gasteiger partial charge is 0.507 e. The van der Waals surface area contributed by atoms with Gasteiger partial charge in [-0.15, -0.1) is 0 Å². The Morgan fingerprint density at radius 2 is 1.81 bits per heavy atom. The molecule has 1 N–H and O–H groups in total. The van der Waals surface area contributed by atoms with Gasteiger partial charge in [-0.05, 0) is 30.3 Å². The highest BCUT2D eigenvalue weighted by atomic mass is 35.5. The smallest absolute Gasteiger partial charge is 0.296 e. The standard InChI is InChI=1S/C22H18ClNO7/c1-28-16-10-17(29-2)14(23)9-13(16)20(25)18-19(15-6-4-8-31-15)24(22(27)21(18)26)11-12-5-3-7-30-12/h3-10,19,25H,11H2,1-2H3/b20-18-. The SMILES string of the molecule is COc1cc(OC)c(/C(O)=C2/C(=O)C(=O)N(Cc3ccco3)C2c2ccco2)cc1Cl. The van der Waals surface area contributed by atoms with Crippen molar-refractivity contribution in [1.29, 1.82) is 0 Å². The van der Waals surface area contributed by atoms with Crippen LogP contribution < -0.4 is 9.47 Å². The molecule has 160 valence electrons. The van der Waals surface area contributed by atoms with Crippen molar-refractivity contribution in [1.82, 2.24) is 4.90 Å². The molecule has 2 aromatic heterocycles. The normalized spacial score (nSPS) is 17.9. The van der Waals surface area contributed by atoms with E-state index in [1.165, 1.54) is 43.8 Å². The quantitative estimate of drug-likeness (QED) is 0.346. The van der Waals surface area contributed by atoms with Crippen LogP contribution in [0.15, 0.2) is 63.3 Å². The molecule has 0 spiro atoms. The number of likely N-dealkylation sites (tertiary alicyclic amines) is 1. The predicted molar refractivity (Wildman–Crippen MR) is 110 cm³/mol. The van der Waals surface area contributed by atoms with Gasteiger partial charge in [0.1, 0.15) is 34.8 Å². The lowest BCUT2D eigenvalue weighted by Gasteiger charge is -2.22. The fourth-order valence-corrected chi connectivity index (χ4v) is 3.79. The van der Waals surface area contributed by atoms with E-state index in [1.807, 2.05) is 0 Å². The molecule has 1 saturated heterocycles. The summed E-state index contributed by atoms with van der Waals surface area (Å²) >= 11 is 6.23. The Labute approximate surface area is 182 Å². The number of aliphatic hydroxyl groups is 1. The molecule has 1 aromatic carbocycles. The summed E-state index contributed by atoms with van der Waals surface area (Å²) in [5.74, 6) is -0.764. The van der Waals surface area contributed by atoms with Crippen molar-refractivity contribution in [3.63, 3.8) is 0 Å². The highest BCUT2D eigenvalue weighted by Gasteiger charge is 2.48. The van der Waals surface area contributed by atoms with Crippen LogP contribution in [0.4, 0.5) is 0 Å². The number of amides is 1. The van der Waals surface area contributed by atoms with E-state index in [0.717, 1.165) is 0 Å². The number of benzene rings is 1. The molecular weight excluding hydrogens is 426 g/mol. The van der Waals surface area contributed by atoms with Gasteiger partial charge in [-0.3, -0.25) is 9.59 Å². The van der Waals surface area contributed by atoms with Gasteiger partial charge in [0.25, 0.3) is 11.7 Å². The topological polar surface area (TPSA) is 102 Å². The van der Waals surface area contributed by atoms with Crippen LogP contribution in [0.3, 0.4) is 0 Å². The molecule has 4 rings (SSSR count). The van der Waals surface area contributed by atoms with Gasteiger partial charge >= 0.3 is 0 Å². The summed E-state index contributed by atoms with van der Waals surface area (Å²) in [6.07, 6.45) is 2.89. The number of Topliss-reactive ketones (excluding diaryl/α,β-unsaturated/α-hetero) is 1. The molecule has 1 atom stereocenters. The second-order valence-electron chi connectivity index (χ2n) is 6.71. The maximum atomic E-state index is 13.0. The lowest BCUT2D eigenvalue weighted by atomic mass is 9.98.